The maximum Gasteiger partial charge on any atom is 0.311 e. The zero-order chi connectivity index (χ0) is 14.6. The van der Waals surface area contributed by atoms with E-state index in [1.54, 1.807) is 6.92 Å². The van der Waals surface area contributed by atoms with E-state index in [0.717, 1.165) is 12.8 Å². The molecule has 0 heterocycles. The number of hydrogen-bond donors (Lipinski definition) is 3. The van der Waals surface area contributed by atoms with Gasteiger partial charge in [0.1, 0.15) is 0 Å². The van der Waals surface area contributed by atoms with Crippen LogP contribution >= 0.6 is 0 Å². The molecule has 5 heteroatoms. The first-order chi connectivity index (χ1) is 8.97. The second-order valence-electron chi connectivity index (χ2n) is 5.48. The number of carbonyl (C=O) groups excluding carboxylic acids is 1. The minimum Gasteiger partial charge on any atom is -0.466 e. The van der Waals surface area contributed by atoms with Crippen LogP contribution in [-0.4, -0.2) is 35.9 Å². The minimum absolute atomic E-state index is 0.167. The number of rotatable bonds is 6. The summed E-state index contributed by atoms with van der Waals surface area (Å²) < 4.78 is 4.99. The van der Waals surface area contributed by atoms with Gasteiger partial charge in [0.2, 0.25) is 0 Å². The molecule has 0 amide bonds. The fourth-order valence-corrected chi connectivity index (χ4v) is 3.26. The topological polar surface area (TPSA) is 98.6 Å². The van der Waals surface area contributed by atoms with Gasteiger partial charge in [-0.15, -0.1) is 0 Å². The highest BCUT2D eigenvalue weighted by atomic mass is 16.5. The lowest BCUT2D eigenvalue weighted by molar-refractivity contribution is -0.151. The molecule has 0 radical (unpaired) electrons. The molecule has 19 heavy (non-hydrogen) atoms. The van der Waals surface area contributed by atoms with Crippen molar-refractivity contribution < 1.29 is 14.6 Å². The molecule has 0 saturated heterocycles. The van der Waals surface area contributed by atoms with E-state index >= 15 is 0 Å². The third-order valence-corrected chi connectivity index (χ3v) is 4.45. The Morgan fingerprint density at radius 3 is 2.42 bits per heavy atom. The number of hydrogen-bond acceptors (Lipinski definition) is 5. The van der Waals surface area contributed by atoms with E-state index in [4.69, 9.17) is 16.2 Å². The maximum atomic E-state index is 11.8. The largest absolute Gasteiger partial charge is 0.466 e. The van der Waals surface area contributed by atoms with Crippen molar-refractivity contribution in [1.82, 2.24) is 0 Å². The molecule has 0 bridgehead atoms. The summed E-state index contributed by atoms with van der Waals surface area (Å²) in [7, 11) is 0. The molecular weight excluding hydrogens is 244 g/mol. The van der Waals surface area contributed by atoms with Crippen LogP contribution in [-0.2, 0) is 9.53 Å². The number of carbonyl (C=O) groups is 1. The molecule has 0 aromatic heterocycles. The van der Waals surface area contributed by atoms with Gasteiger partial charge in [-0.25, -0.2) is 0 Å². The summed E-state index contributed by atoms with van der Waals surface area (Å²) in [5.74, 6) is -0.781. The van der Waals surface area contributed by atoms with Crippen molar-refractivity contribution in [2.24, 2.45) is 29.2 Å². The van der Waals surface area contributed by atoms with E-state index in [9.17, 15) is 9.90 Å². The lowest BCUT2D eigenvalue weighted by atomic mass is 9.81. The molecule has 1 aliphatic carbocycles. The summed E-state index contributed by atoms with van der Waals surface area (Å²) in [5.41, 5.74) is 12.4. The van der Waals surface area contributed by atoms with Crippen molar-refractivity contribution in [1.29, 1.82) is 0 Å². The fraction of sp³-hybridized carbons (Fsp3) is 0.929. The third-order valence-electron chi connectivity index (χ3n) is 4.45. The van der Waals surface area contributed by atoms with Crippen LogP contribution in [0.4, 0.5) is 0 Å². The van der Waals surface area contributed by atoms with Crippen molar-refractivity contribution in [3.8, 4) is 0 Å². The molecule has 1 saturated carbocycles. The van der Waals surface area contributed by atoms with Gasteiger partial charge in [0.15, 0.2) is 0 Å². The van der Waals surface area contributed by atoms with Gasteiger partial charge >= 0.3 is 5.97 Å². The Morgan fingerprint density at radius 2 is 1.95 bits per heavy atom. The van der Waals surface area contributed by atoms with Crippen LogP contribution < -0.4 is 11.5 Å². The Labute approximate surface area is 115 Å². The van der Waals surface area contributed by atoms with Crippen LogP contribution in [0.3, 0.4) is 0 Å². The summed E-state index contributed by atoms with van der Waals surface area (Å²) in [5, 5.41) is 10.4. The third kappa shape index (κ3) is 3.46. The van der Waals surface area contributed by atoms with Gasteiger partial charge < -0.3 is 21.3 Å². The van der Waals surface area contributed by atoms with Crippen LogP contribution in [0.25, 0.3) is 0 Å². The van der Waals surface area contributed by atoms with Crippen LogP contribution in [0.2, 0.25) is 0 Å². The molecule has 5 N–H and O–H groups in total. The summed E-state index contributed by atoms with van der Waals surface area (Å²) in [6, 6.07) is -0.403. The molecule has 1 fully saturated rings. The van der Waals surface area contributed by atoms with E-state index in [2.05, 4.69) is 13.8 Å². The second kappa shape index (κ2) is 7.22. The van der Waals surface area contributed by atoms with Gasteiger partial charge in [-0.1, -0.05) is 26.7 Å². The molecule has 0 spiro atoms. The highest BCUT2D eigenvalue weighted by Crippen LogP contribution is 2.36. The quantitative estimate of drug-likeness (QED) is 0.616. The van der Waals surface area contributed by atoms with Crippen LogP contribution in [0, 0.1) is 17.8 Å². The van der Waals surface area contributed by atoms with Gasteiger partial charge in [-0.2, -0.15) is 0 Å². The monoisotopic (exact) mass is 272 g/mol. The minimum atomic E-state index is -0.787. The number of nitrogens with two attached hydrogens (primary N) is 2. The Bertz CT molecular complexity index is 294. The van der Waals surface area contributed by atoms with E-state index in [1.165, 1.54) is 0 Å². The van der Waals surface area contributed by atoms with Gasteiger partial charge in [-0.3, -0.25) is 4.79 Å². The van der Waals surface area contributed by atoms with Gasteiger partial charge in [0, 0.05) is 18.0 Å². The lowest BCUT2D eigenvalue weighted by Crippen LogP contribution is -2.48. The summed E-state index contributed by atoms with van der Waals surface area (Å²) >= 11 is 0. The molecule has 1 unspecified atom stereocenters. The average molecular weight is 272 g/mol. The predicted octanol–water partition coefficient (Wildman–Crippen LogP) is 0.637. The molecule has 0 aliphatic heterocycles. The van der Waals surface area contributed by atoms with E-state index in [-0.39, 0.29) is 24.0 Å². The maximum absolute atomic E-state index is 11.8. The van der Waals surface area contributed by atoms with E-state index in [0.29, 0.717) is 18.9 Å². The second-order valence-corrected chi connectivity index (χ2v) is 5.48. The normalized spacial score (nSPS) is 32.6. The first kappa shape index (κ1) is 16.4. The summed E-state index contributed by atoms with van der Waals surface area (Å²) in [6.45, 7) is 6.25. The molecule has 5 nitrogen and oxygen atoms in total. The van der Waals surface area contributed by atoms with Crippen molar-refractivity contribution in [2.75, 3.05) is 6.61 Å². The smallest absolute Gasteiger partial charge is 0.311 e. The predicted molar refractivity (Wildman–Crippen MR) is 74.3 cm³/mol. The summed E-state index contributed by atoms with van der Waals surface area (Å²) in [6.07, 6.45) is 1.58. The zero-order valence-corrected chi connectivity index (χ0v) is 12.2. The van der Waals surface area contributed by atoms with Crippen LogP contribution in [0.15, 0.2) is 0 Å². The first-order valence-electron chi connectivity index (χ1n) is 7.33. The Hall–Kier alpha value is -0.650. The van der Waals surface area contributed by atoms with Gasteiger partial charge in [0.25, 0.3) is 0 Å². The van der Waals surface area contributed by atoms with Crippen molar-refractivity contribution in [3.63, 3.8) is 0 Å². The van der Waals surface area contributed by atoms with E-state index in [1.807, 2.05) is 0 Å². The molecular formula is C14H28N2O3. The number of ether oxygens (including phenoxy) is 1. The number of aliphatic hydroxyl groups is 1. The van der Waals surface area contributed by atoms with Crippen molar-refractivity contribution in [3.05, 3.63) is 0 Å². The molecule has 1 aliphatic rings. The zero-order valence-electron chi connectivity index (χ0n) is 12.2. The molecule has 1 rings (SSSR count). The number of aliphatic hydroxyl groups excluding tert-OH is 1. The molecule has 0 aromatic rings. The highest BCUT2D eigenvalue weighted by Gasteiger charge is 2.48. The molecule has 5 atom stereocenters. The fourth-order valence-electron chi connectivity index (χ4n) is 3.26. The Morgan fingerprint density at radius 1 is 1.37 bits per heavy atom. The Balaban J connectivity index is 2.77. The SMILES string of the molecule is CCOC(=O)[C@H]1C[C@@H](N)[C@H](C(N)C(CC)CC)[C@@H]1O. The van der Waals surface area contributed by atoms with Gasteiger partial charge in [0.05, 0.1) is 18.6 Å². The standard InChI is InChI=1S/C14H28N2O3/c1-4-8(5-2)12(16)11-10(15)7-9(13(11)17)14(18)19-6-3/h8-13,17H,4-7,15-16H2,1-3H3/t9-,10+,11+,12?,13+/m0/s1. The molecule has 112 valence electrons. The van der Waals surface area contributed by atoms with Crippen LogP contribution in [0.5, 0.6) is 0 Å². The van der Waals surface area contributed by atoms with Crippen LogP contribution in [0.1, 0.15) is 40.0 Å². The highest BCUT2D eigenvalue weighted by molar-refractivity contribution is 5.73. The average Bonchev–Trinajstić information content (AvgIpc) is 2.66. The van der Waals surface area contributed by atoms with Crippen molar-refractivity contribution in [2.45, 2.75) is 58.2 Å². The van der Waals surface area contributed by atoms with Crippen molar-refractivity contribution >= 4 is 5.97 Å². The van der Waals surface area contributed by atoms with E-state index < -0.39 is 12.0 Å². The Kier molecular flexibility index (Phi) is 6.23. The first-order valence-corrected chi connectivity index (χ1v) is 7.33. The van der Waals surface area contributed by atoms with Gasteiger partial charge in [-0.05, 0) is 19.3 Å². The lowest BCUT2D eigenvalue weighted by Gasteiger charge is -2.32. The molecule has 0 aromatic carbocycles. The number of esters is 1. The summed E-state index contributed by atoms with van der Waals surface area (Å²) in [4.78, 5) is 11.8.